The fraction of sp³-hybridized carbons (Fsp3) is 0.273. The van der Waals surface area contributed by atoms with Crippen molar-refractivity contribution >= 4 is 33.1 Å². The van der Waals surface area contributed by atoms with Gasteiger partial charge in [-0.25, -0.2) is 5.48 Å². The molecule has 0 spiro atoms. The standard InChI is InChI=1S/C11H12ClN5O3S/c1-7-3-4-9(8(12)5-7)16(2)21(18,19)11-10-14-20-6-17(10)15-13-11/h3-5,14H,6H2,1-2H3. The SMILES string of the molecule is Cc1ccc(N(C)S(=O)(=O)c2nnn3c2NOC3)c(Cl)c1. The van der Waals surface area contributed by atoms with Crippen molar-refractivity contribution in [2.24, 2.45) is 0 Å². The van der Waals surface area contributed by atoms with Crippen LogP contribution in [0.25, 0.3) is 0 Å². The number of halogens is 1. The normalized spacial score (nSPS) is 13.9. The minimum Gasteiger partial charge on any atom is -0.266 e. The molecule has 112 valence electrons. The van der Waals surface area contributed by atoms with Gasteiger partial charge in [0, 0.05) is 7.05 Å². The first-order valence-corrected chi connectivity index (χ1v) is 7.79. The Balaban J connectivity index is 2.05. The lowest BCUT2D eigenvalue weighted by Gasteiger charge is -2.19. The summed E-state index contributed by atoms with van der Waals surface area (Å²) in [6.07, 6.45) is 0. The molecule has 0 amide bonds. The van der Waals surface area contributed by atoms with Gasteiger partial charge in [-0.2, -0.15) is 13.1 Å². The molecular weight excluding hydrogens is 318 g/mol. The number of aromatic nitrogens is 3. The molecule has 1 aromatic heterocycles. The fourth-order valence-electron chi connectivity index (χ4n) is 1.95. The Bertz CT molecular complexity index is 804. The molecule has 21 heavy (non-hydrogen) atoms. The van der Waals surface area contributed by atoms with E-state index in [0.29, 0.717) is 10.7 Å². The van der Waals surface area contributed by atoms with E-state index < -0.39 is 10.0 Å². The van der Waals surface area contributed by atoms with Gasteiger partial charge in [-0.05, 0) is 24.6 Å². The number of benzene rings is 1. The lowest BCUT2D eigenvalue weighted by atomic mass is 10.2. The van der Waals surface area contributed by atoms with Crippen molar-refractivity contribution in [1.29, 1.82) is 0 Å². The van der Waals surface area contributed by atoms with Gasteiger partial charge in [0.05, 0.1) is 10.7 Å². The van der Waals surface area contributed by atoms with Gasteiger partial charge in [0.15, 0.2) is 12.5 Å². The summed E-state index contributed by atoms with van der Waals surface area (Å²) < 4.78 is 27.7. The summed E-state index contributed by atoms with van der Waals surface area (Å²) in [4.78, 5) is 4.92. The molecule has 0 aliphatic carbocycles. The molecule has 8 nitrogen and oxygen atoms in total. The Morgan fingerprint density at radius 3 is 2.95 bits per heavy atom. The zero-order chi connectivity index (χ0) is 15.2. The van der Waals surface area contributed by atoms with E-state index in [4.69, 9.17) is 16.4 Å². The minimum absolute atomic E-state index is 0.104. The molecule has 1 aliphatic rings. The van der Waals surface area contributed by atoms with Crippen LogP contribution >= 0.6 is 11.6 Å². The van der Waals surface area contributed by atoms with Crippen LogP contribution in [0.5, 0.6) is 0 Å². The van der Waals surface area contributed by atoms with Crippen LogP contribution in [-0.2, 0) is 21.6 Å². The molecule has 10 heteroatoms. The Hall–Kier alpha value is -1.84. The van der Waals surface area contributed by atoms with Gasteiger partial charge in [-0.3, -0.25) is 9.14 Å². The molecule has 0 saturated heterocycles. The molecule has 0 radical (unpaired) electrons. The third-order valence-electron chi connectivity index (χ3n) is 3.11. The number of aryl methyl sites for hydroxylation is 1. The molecule has 3 rings (SSSR count). The summed E-state index contributed by atoms with van der Waals surface area (Å²) >= 11 is 6.12. The van der Waals surface area contributed by atoms with E-state index in [1.165, 1.54) is 11.7 Å². The zero-order valence-corrected chi connectivity index (χ0v) is 12.8. The highest BCUT2D eigenvalue weighted by Crippen LogP contribution is 2.32. The summed E-state index contributed by atoms with van der Waals surface area (Å²) in [7, 11) is -2.49. The summed E-state index contributed by atoms with van der Waals surface area (Å²) in [5.74, 6) is 0.199. The maximum Gasteiger partial charge on any atom is 0.287 e. The molecule has 0 unspecified atom stereocenters. The summed E-state index contributed by atoms with van der Waals surface area (Å²) in [5.41, 5.74) is 3.79. The van der Waals surface area contributed by atoms with E-state index >= 15 is 0 Å². The fourth-order valence-corrected chi connectivity index (χ4v) is 3.57. The average molecular weight is 330 g/mol. The van der Waals surface area contributed by atoms with Gasteiger partial charge in [0.25, 0.3) is 10.0 Å². The van der Waals surface area contributed by atoms with Crippen molar-refractivity contribution in [3.63, 3.8) is 0 Å². The van der Waals surface area contributed by atoms with Crippen LogP contribution in [-0.4, -0.2) is 30.5 Å². The van der Waals surface area contributed by atoms with E-state index in [1.807, 2.05) is 6.92 Å². The molecule has 1 N–H and O–H groups in total. The number of rotatable bonds is 3. The van der Waals surface area contributed by atoms with Gasteiger partial charge >= 0.3 is 0 Å². The second-order valence-corrected chi connectivity index (χ2v) is 6.84. The first-order chi connectivity index (χ1) is 9.91. The van der Waals surface area contributed by atoms with Gasteiger partial charge in [0.2, 0.25) is 5.03 Å². The number of fused-ring (bicyclic) bond motifs is 1. The van der Waals surface area contributed by atoms with Crippen molar-refractivity contribution in [1.82, 2.24) is 15.0 Å². The van der Waals surface area contributed by atoms with Gasteiger partial charge in [0.1, 0.15) is 0 Å². The summed E-state index contributed by atoms with van der Waals surface area (Å²) in [6, 6.07) is 5.12. The van der Waals surface area contributed by atoms with Crippen molar-refractivity contribution in [3.8, 4) is 0 Å². The molecule has 2 aromatic rings. The van der Waals surface area contributed by atoms with Crippen LogP contribution in [0.2, 0.25) is 5.02 Å². The number of hydrogen-bond acceptors (Lipinski definition) is 6. The highest BCUT2D eigenvalue weighted by atomic mass is 35.5. The molecule has 1 aliphatic heterocycles. The summed E-state index contributed by atoms with van der Waals surface area (Å²) in [5, 5.41) is 7.55. The number of nitrogens with one attached hydrogen (secondary N) is 1. The highest BCUT2D eigenvalue weighted by Gasteiger charge is 2.33. The first kappa shape index (κ1) is 14.1. The topological polar surface area (TPSA) is 89.4 Å². The lowest BCUT2D eigenvalue weighted by molar-refractivity contribution is 0.153. The van der Waals surface area contributed by atoms with Gasteiger partial charge < -0.3 is 0 Å². The number of hydrogen-bond donors (Lipinski definition) is 1. The Morgan fingerprint density at radius 2 is 2.24 bits per heavy atom. The maximum absolute atomic E-state index is 12.6. The predicted octanol–water partition coefficient (Wildman–Crippen LogP) is 1.38. The molecular formula is C11H12ClN5O3S. The predicted molar refractivity (Wildman–Crippen MR) is 76.5 cm³/mol. The van der Waals surface area contributed by atoms with Crippen molar-refractivity contribution in [2.45, 2.75) is 18.7 Å². The van der Waals surface area contributed by atoms with Crippen LogP contribution < -0.4 is 9.79 Å². The average Bonchev–Trinajstić information content (AvgIpc) is 2.99. The third-order valence-corrected chi connectivity index (χ3v) is 5.09. The highest BCUT2D eigenvalue weighted by molar-refractivity contribution is 7.92. The van der Waals surface area contributed by atoms with Gasteiger partial charge in [-0.1, -0.05) is 22.9 Å². The molecule has 0 bridgehead atoms. The second-order valence-electron chi connectivity index (χ2n) is 4.55. The monoisotopic (exact) mass is 329 g/mol. The van der Waals surface area contributed by atoms with Gasteiger partial charge in [-0.15, -0.1) is 5.10 Å². The number of sulfonamides is 1. The Morgan fingerprint density at radius 1 is 1.48 bits per heavy atom. The van der Waals surface area contributed by atoms with Crippen LogP contribution in [0.4, 0.5) is 11.5 Å². The van der Waals surface area contributed by atoms with E-state index in [2.05, 4.69) is 15.8 Å². The maximum atomic E-state index is 12.6. The van der Waals surface area contributed by atoms with Crippen molar-refractivity contribution in [3.05, 3.63) is 28.8 Å². The van der Waals surface area contributed by atoms with E-state index in [1.54, 1.807) is 18.2 Å². The smallest absolute Gasteiger partial charge is 0.266 e. The van der Waals surface area contributed by atoms with E-state index in [9.17, 15) is 8.42 Å². The molecule has 0 saturated carbocycles. The van der Waals surface area contributed by atoms with E-state index in [-0.39, 0.29) is 17.6 Å². The molecule has 2 heterocycles. The Kier molecular flexibility index (Phi) is 3.27. The van der Waals surface area contributed by atoms with Crippen LogP contribution in [0.3, 0.4) is 0 Å². The zero-order valence-electron chi connectivity index (χ0n) is 11.2. The summed E-state index contributed by atoms with van der Waals surface area (Å²) in [6.45, 7) is 1.98. The second kappa shape index (κ2) is 4.86. The van der Waals surface area contributed by atoms with Crippen LogP contribution in [0.15, 0.2) is 23.2 Å². The van der Waals surface area contributed by atoms with Crippen molar-refractivity contribution in [2.75, 3.05) is 16.8 Å². The van der Waals surface area contributed by atoms with Crippen LogP contribution in [0, 0.1) is 6.92 Å². The first-order valence-electron chi connectivity index (χ1n) is 5.97. The molecule has 0 atom stereocenters. The Labute approximate surface area is 126 Å². The minimum atomic E-state index is -3.90. The number of nitrogens with zero attached hydrogens (tertiary/aromatic N) is 4. The largest absolute Gasteiger partial charge is 0.287 e. The molecule has 1 aromatic carbocycles. The molecule has 0 fully saturated rings. The quantitative estimate of drug-likeness (QED) is 0.915. The lowest BCUT2D eigenvalue weighted by Crippen LogP contribution is -2.27. The third kappa shape index (κ3) is 2.23. The van der Waals surface area contributed by atoms with E-state index in [0.717, 1.165) is 9.87 Å². The number of anilines is 2. The van der Waals surface area contributed by atoms with Crippen molar-refractivity contribution < 1.29 is 13.3 Å². The van der Waals surface area contributed by atoms with Crippen LogP contribution in [0.1, 0.15) is 5.56 Å².